The van der Waals surface area contributed by atoms with Gasteiger partial charge in [0.1, 0.15) is 0 Å². The maximum atomic E-state index is 11.5. The van der Waals surface area contributed by atoms with Crippen LogP contribution in [0, 0.1) is 23.7 Å². The van der Waals surface area contributed by atoms with Crippen LogP contribution in [0.4, 0.5) is 0 Å². The third-order valence-corrected chi connectivity index (χ3v) is 11.6. The maximum absolute atomic E-state index is 11.5. The Kier molecular flexibility index (Phi) is 16.6. The topological polar surface area (TPSA) is 107 Å². The lowest BCUT2D eigenvalue weighted by atomic mass is 9.99. The molecule has 7 heteroatoms. The lowest BCUT2D eigenvalue weighted by Crippen LogP contribution is -2.33. The van der Waals surface area contributed by atoms with Crippen LogP contribution in [0.3, 0.4) is 0 Å². The summed E-state index contributed by atoms with van der Waals surface area (Å²) in [5.41, 5.74) is 11.9. The summed E-state index contributed by atoms with van der Waals surface area (Å²) in [6.45, 7) is 9.57. The fourth-order valence-electron chi connectivity index (χ4n) is 8.37. The van der Waals surface area contributed by atoms with Crippen molar-refractivity contribution in [3.8, 4) is 0 Å². The number of carboxylic acid groups (broad SMARTS) is 2. The zero-order valence-corrected chi connectivity index (χ0v) is 33.8. The van der Waals surface area contributed by atoms with E-state index in [0.717, 1.165) is 51.9 Å². The van der Waals surface area contributed by atoms with Crippen molar-refractivity contribution in [1.29, 1.82) is 0 Å². The SMILES string of the molecule is C[C@@H](N)c1ccccc1.C[C@@H]1C[C@H](N(Cc2ccccc2)Cc2ccccc2)C[C@@H]1C(=O)O.C[C@@H]1C[C@H](N(Cc2ccccc2)Cc2ccccc2)C[C@@H]1C(=O)O. The highest BCUT2D eigenvalue weighted by molar-refractivity contribution is 5.71. The van der Waals surface area contributed by atoms with Crippen molar-refractivity contribution in [2.24, 2.45) is 29.4 Å². The van der Waals surface area contributed by atoms with Crippen LogP contribution >= 0.6 is 0 Å². The normalized spacial score (nSPS) is 21.9. The van der Waals surface area contributed by atoms with Crippen LogP contribution < -0.4 is 5.73 Å². The predicted octanol–water partition coefficient (Wildman–Crippen LogP) is 10.1. The minimum Gasteiger partial charge on any atom is -0.481 e. The molecule has 7 atom stereocenters. The van der Waals surface area contributed by atoms with E-state index in [1.54, 1.807) is 0 Å². The third kappa shape index (κ3) is 13.5. The Morgan fingerprint density at radius 2 is 0.772 bits per heavy atom. The number of carbonyl (C=O) groups is 2. The molecule has 7 rings (SSSR count). The van der Waals surface area contributed by atoms with Gasteiger partial charge in [0.25, 0.3) is 0 Å². The summed E-state index contributed by atoms with van der Waals surface area (Å²) in [6, 6.07) is 52.6. The zero-order chi connectivity index (χ0) is 40.6. The Hall–Kier alpha value is -5.08. The first-order valence-corrected chi connectivity index (χ1v) is 20.5. The first kappa shape index (κ1) is 43.1. The minimum absolute atomic E-state index is 0.159. The zero-order valence-electron chi connectivity index (χ0n) is 33.8. The molecule has 5 aromatic rings. The second-order valence-corrected chi connectivity index (χ2v) is 16.0. The third-order valence-electron chi connectivity index (χ3n) is 11.6. The molecule has 57 heavy (non-hydrogen) atoms. The van der Waals surface area contributed by atoms with Crippen molar-refractivity contribution in [3.05, 3.63) is 179 Å². The van der Waals surface area contributed by atoms with Crippen LogP contribution in [0.5, 0.6) is 0 Å². The van der Waals surface area contributed by atoms with Gasteiger partial charge in [-0.2, -0.15) is 0 Å². The average Bonchev–Trinajstić information content (AvgIpc) is 3.82. The van der Waals surface area contributed by atoms with E-state index in [1.165, 1.54) is 27.8 Å². The molecule has 7 nitrogen and oxygen atoms in total. The van der Waals surface area contributed by atoms with Crippen molar-refractivity contribution in [2.45, 2.75) is 90.8 Å². The van der Waals surface area contributed by atoms with Crippen molar-refractivity contribution >= 4 is 11.9 Å². The van der Waals surface area contributed by atoms with E-state index in [9.17, 15) is 19.8 Å². The quantitative estimate of drug-likeness (QED) is 0.110. The smallest absolute Gasteiger partial charge is 0.306 e. The van der Waals surface area contributed by atoms with E-state index in [2.05, 4.69) is 121 Å². The van der Waals surface area contributed by atoms with Crippen LogP contribution in [0.25, 0.3) is 0 Å². The molecule has 0 heterocycles. The standard InChI is InChI=1S/2C21H25NO2.C8H11N/c2*1-16-12-19(13-20(16)21(23)24)22(14-17-8-4-2-5-9-17)15-18-10-6-3-7-11-18;1-7(9)8-5-3-2-4-6-8/h2*2-11,16,19-20H,12-15H2,1H3,(H,23,24);2-7H,9H2,1H3/t2*16-,19+,20+;7-/m111/s1. The van der Waals surface area contributed by atoms with Gasteiger partial charge in [0.2, 0.25) is 0 Å². The molecule has 0 aliphatic heterocycles. The molecule has 0 spiro atoms. The molecule has 2 saturated carbocycles. The molecule has 5 aromatic carbocycles. The van der Waals surface area contributed by atoms with Crippen LogP contribution in [0.1, 0.15) is 80.3 Å². The van der Waals surface area contributed by atoms with Gasteiger partial charge in [-0.1, -0.05) is 166 Å². The summed E-state index contributed by atoms with van der Waals surface area (Å²) in [7, 11) is 0. The van der Waals surface area contributed by atoms with E-state index in [-0.39, 0.29) is 29.7 Å². The number of benzene rings is 5. The van der Waals surface area contributed by atoms with Gasteiger partial charge in [-0.25, -0.2) is 0 Å². The lowest BCUT2D eigenvalue weighted by molar-refractivity contribution is -0.143. The lowest BCUT2D eigenvalue weighted by Gasteiger charge is -2.29. The van der Waals surface area contributed by atoms with Crippen LogP contribution in [0.15, 0.2) is 152 Å². The van der Waals surface area contributed by atoms with Gasteiger partial charge in [-0.15, -0.1) is 0 Å². The van der Waals surface area contributed by atoms with E-state index >= 15 is 0 Å². The van der Waals surface area contributed by atoms with Gasteiger partial charge in [0.15, 0.2) is 0 Å². The predicted molar refractivity (Wildman–Crippen MR) is 230 cm³/mol. The number of aliphatic carboxylic acids is 2. The highest BCUT2D eigenvalue weighted by Gasteiger charge is 2.39. The average molecular weight is 768 g/mol. The largest absolute Gasteiger partial charge is 0.481 e. The molecule has 0 radical (unpaired) electrons. The number of rotatable bonds is 13. The summed E-state index contributed by atoms with van der Waals surface area (Å²) in [5.74, 6) is -1.26. The molecule has 2 fully saturated rings. The van der Waals surface area contributed by atoms with Crippen molar-refractivity contribution in [1.82, 2.24) is 9.80 Å². The summed E-state index contributed by atoms with van der Waals surface area (Å²) in [4.78, 5) is 27.9. The second kappa shape index (κ2) is 22.0. The molecule has 2 aliphatic carbocycles. The molecular weight excluding hydrogens is 707 g/mol. The summed E-state index contributed by atoms with van der Waals surface area (Å²) < 4.78 is 0. The van der Waals surface area contributed by atoms with Gasteiger partial charge >= 0.3 is 11.9 Å². The molecular formula is C50H61N3O4. The molecule has 2 aliphatic rings. The highest BCUT2D eigenvalue weighted by Crippen LogP contribution is 2.37. The summed E-state index contributed by atoms with van der Waals surface area (Å²) in [6.07, 6.45) is 3.40. The molecule has 0 unspecified atom stereocenters. The van der Waals surface area contributed by atoms with Gasteiger partial charge in [0, 0.05) is 44.3 Å². The fraction of sp³-hybridized carbons (Fsp3) is 0.360. The van der Waals surface area contributed by atoms with E-state index < -0.39 is 11.9 Å². The van der Waals surface area contributed by atoms with Crippen LogP contribution in [-0.2, 0) is 35.8 Å². The Balaban J connectivity index is 0.000000179. The fourth-order valence-corrected chi connectivity index (χ4v) is 8.37. The van der Waals surface area contributed by atoms with Gasteiger partial charge in [-0.05, 0) is 72.3 Å². The summed E-state index contributed by atoms with van der Waals surface area (Å²) >= 11 is 0. The van der Waals surface area contributed by atoms with Crippen LogP contribution in [0.2, 0.25) is 0 Å². The molecule has 4 N–H and O–H groups in total. The Labute approximate surface area is 340 Å². The highest BCUT2D eigenvalue weighted by atomic mass is 16.4. The van der Waals surface area contributed by atoms with Crippen molar-refractivity contribution in [3.63, 3.8) is 0 Å². The van der Waals surface area contributed by atoms with Gasteiger partial charge in [0.05, 0.1) is 11.8 Å². The molecule has 0 bridgehead atoms. The Morgan fingerprint density at radius 1 is 0.509 bits per heavy atom. The number of carboxylic acids is 2. The Morgan fingerprint density at radius 3 is 0.982 bits per heavy atom. The molecule has 0 saturated heterocycles. The van der Waals surface area contributed by atoms with E-state index in [1.807, 2.05) is 61.5 Å². The number of nitrogens with zero attached hydrogens (tertiary/aromatic N) is 2. The van der Waals surface area contributed by atoms with E-state index in [0.29, 0.717) is 12.1 Å². The van der Waals surface area contributed by atoms with Gasteiger partial charge in [-0.3, -0.25) is 19.4 Å². The van der Waals surface area contributed by atoms with Gasteiger partial charge < -0.3 is 15.9 Å². The first-order chi connectivity index (χ1) is 27.6. The minimum atomic E-state index is -0.649. The van der Waals surface area contributed by atoms with Crippen molar-refractivity contribution < 1.29 is 19.8 Å². The number of hydrogen-bond donors (Lipinski definition) is 3. The monoisotopic (exact) mass is 767 g/mol. The molecule has 0 aromatic heterocycles. The van der Waals surface area contributed by atoms with E-state index in [4.69, 9.17) is 5.73 Å². The maximum Gasteiger partial charge on any atom is 0.306 e. The number of nitrogens with two attached hydrogens (primary N) is 1. The molecule has 300 valence electrons. The summed E-state index contributed by atoms with van der Waals surface area (Å²) in [5, 5.41) is 18.9. The second-order valence-electron chi connectivity index (χ2n) is 16.0. The van der Waals surface area contributed by atoms with Crippen molar-refractivity contribution in [2.75, 3.05) is 0 Å². The Bertz CT molecular complexity index is 1690. The van der Waals surface area contributed by atoms with Crippen LogP contribution in [-0.4, -0.2) is 44.0 Å². The number of hydrogen-bond acceptors (Lipinski definition) is 5. The first-order valence-electron chi connectivity index (χ1n) is 20.5. The molecule has 0 amide bonds.